The SMILES string of the molecule is CC(C)c1nc(CN2CCN(Cc3nc(N)c4ccccc4n3)CC2)cs1. The van der Waals surface area contributed by atoms with Gasteiger partial charge in [0.25, 0.3) is 0 Å². The van der Waals surface area contributed by atoms with E-state index < -0.39 is 0 Å². The highest BCUT2D eigenvalue weighted by Gasteiger charge is 2.19. The third kappa shape index (κ3) is 4.26. The van der Waals surface area contributed by atoms with Gasteiger partial charge in [0.15, 0.2) is 0 Å². The van der Waals surface area contributed by atoms with E-state index in [9.17, 15) is 0 Å². The van der Waals surface area contributed by atoms with Crippen molar-refractivity contribution in [3.05, 3.63) is 46.2 Å². The van der Waals surface area contributed by atoms with Crippen molar-refractivity contribution in [3.8, 4) is 0 Å². The van der Waals surface area contributed by atoms with E-state index >= 15 is 0 Å². The van der Waals surface area contributed by atoms with Gasteiger partial charge in [0.2, 0.25) is 0 Å². The van der Waals surface area contributed by atoms with Crippen LogP contribution in [0.4, 0.5) is 5.82 Å². The molecule has 3 aromatic rings. The minimum Gasteiger partial charge on any atom is -0.383 e. The number of hydrogen-bond acceptors (Lipinski definition) is 7. The van der Waals surface area contributed by atoms with Gasteiger partial charge < -0.3 is 5.73 Å². The number of hydrogen-bond donors (Lipinski definition) is 1. The monoisotopic (exact) mass is 382 g/mol. The van der Waals surface area contributed by atoms with Crippen molar-refractivity contribution >= 4 is 28.1 Å². The predicted molar refractivity (Wildman–Crippen MR) is 111 cm³/mol. The zero-order valence-corrected chi connectivity index (χ0v) is 16.7. The van der Waals surface area contributed by atoms with Gasteiger partial charge in [0.1, 0.15) is 11.6 Å². The number of thiazole rings is 1. The Bertz CT molecular complexity index is 914. The molecule has 2 N–H and O–H groups in total. The van der Waals surface area contributed by atoms with Crippen LogP contribution in [0.3, 0.4) is 0 Å². The number of nitrogen functional groups attached to an aromatic ring is 1. The second kappa shape index (κ2) is 7.88. The average molecular weight is 383 g/mol. The number of benzene rings is 1. The summed E-state index contributed by atoms with van der Waals surface area (Å²) in [5.41, 5.74) is 8.23. The molecular formula is C20H26N6S. The lowest BCUT2D eigenvalue weighted by atomic mass is 10.2. The molecule has 0 radical (unpaired) electrons. The van der Waals surface area contributed by atoms with Crippen molar-refractivity contribution < 1.29 is 0 Å². The Morgan fingerprint density at radius 2 is 1.70 bits per heavy atom. The van der Waals surface area contributed by atoms with E-state index in [0.717, 1.165) is 56.0 Å². The summed E-state index contributed by atoms with van der Waals surface area (Å²) >= 11 is 1.77. The van der Waals surface area contributed by atoms with Crippen LogP contribution in [0.5, 0.6) is 0 Å². The van der Waals surface area contributed by atoms with Gasteiger partial charge in [-0.2, -0.15) is 0 Å². The molecule has 1 aliphatic heterocycles. The highest BCUT2D eigenvalue weighted by atomic mass is 32.1. The number of rotatable bonds is 5. The van der Waals surface area contributed by atoms with Crippen molar-refractivity contribution in [1.29, 1.82) is 0 Å². The Balaban J connectivity index is 1.34. The Hall–Kier alpha value is -2.09. The van der Waals surface area contributed by atoms with Crippen molar-refractivity contribution in [1.82, 2.24) is 24.8 Å². The van der Waals surface area contributed by atoms with E-state index in [0.29, 0.717) is 11.7 Å². The normalized spacial score (nSPS) is 16.4. The number of fused-ring (bicyclic) bond motifs is 1. The summed E-state index contributed by atoms with van der Waals surface area (Å²) in [5, 5.41) is 4.36. The molecule has 1 fully saturated rings. The summed E-state index contributed by atoms with van der Waals surface area (Å²) < 4.78 is 0. The lowest BCUT2D eigenvalue weighted by molar-refractivity contribution is 0.119. The van der Waals surface area contributed by atoms with Gasteiger partial charge in [0, 0.05) is 49.4 Å². The summed E-state index contributed by atoms with van der Waals surface area (Å²) in [7, 11) is 0. The third-order valence-corrected chi connectivity index (χ3v) is 6.15. The second-order valence-electron chi connectivity index (χ2n) is 7.43. The molecule has 0 saturated carbocycles. The molecule has 1 saturated heterocycles. The minimum absolute atomic E-state index is 0.509. The molecule has 2 aromatic heterocycles. The van der Waals surface area contributed by atoms with Gasteiger partial charge in [-0.3, -0.25) is 9.80 Å². The van der Waals surface area contributed by atoms with Crippen LogP contribution >= 0.6 is 11.3 Å². The quantitative estimate of drug-likeness (QED) is 0.731. The molecule has 142 valence electrons. The molecule has 4 rings (SSSR count). The highest BCUT2D eigenvalue weighted by molar-refractivity contribution is 7.09. The van der Waals surface area contributed by atoms with E-state index in [1.165, 1.54) is 10.7 Å². The van der Waals surface area contributed by atoms with Crippen molar-refractivity contribution in [2.45, 2.75) is 32.9 Å². The van der Waals surface area contributed by atoms with E-state index in [2.05, 4.69) is 39.0 Å². The fourth-order valence-electron chi connectivity index (χ4n) is 3.42. The summed E-state index contributed by atoms with van der Waals surface area (Å²) in [5.74, 6) is 1.88. The lowest BCUT2D eigenvalue weighted by Crippen LogP contribution is -2.45. The maximum absolute atomic E-state index is 6.11. The second-order valence-corrected chi connectivity index (χ2v) is 8.32. The number of nitrogens with two attached hydrogens (primary N) is 1. The number of anilines is 1. The molecule has 1 aromatic carbocycles. The Morgan fingerprint density at radius 3 is 2.41 bits per heavy atom. The molecule has 27 heavy (non-hydrogen) atoms. The summed E-state index contributed by atoms with van der Waals surface area (Å²) in [6.07, 6.45) is 0. The van der Waals surface area contributed by atoms with Crippen LogP contribution < -0.4 is 5.73 Å². The number of piperazine rings is 1. The zero-order valence-electron chi connectivity index (χ0n) is 15.9. The summed E-state index contributed by atoms with van der Waals surface area (Å²) in [4.78, 5) is 18.8. The Morgan fingerprint density at radius 1 is 1.00 bits per heavy atom. The van der Waals surface area contributed by atoms with Gasteiger partial charge in [-0.05, 0) is 12.1 Å². The molecule has 0 atom stereocenters. The van der Waals surface area contributed by atoms with Crippen LogP contribution in [0.1, 0.15) is 36.3 Å². The van der Waals surface area contributed by atoms with Crippen molar-refractivity contribution in [3.63, 3.8) is 0 Å². The fourth-order valence-corrected chi connectivity index (χ4v) is 4.24. The van der Waals surface area contributed by atoms with Crippen LogP contribution in [-0.4, -0.2) is 50.9 Å². The van der Waals surface area contributed by atoms with Gasteiger partial charge >= 0.3 is 0 Å². The largest absolute Gasteiger partial charge is 0.383 e. The van der Waals surface area contributed by atoms with E-state index in [1.54, 1.807) is 11.3 Å². The number of para-hydroxylation sites is 1. The first kappa shape index (κ1) is 18.3. The molecule has 1 aliphatic rings. The number of nitrogens with zero attached hydrogens (tertiary/aromatic N) is 5. The van der Waals surface area contributed by atoms with Gasteiger partial charge in [-0.25, -0.2) is 15.0 Å². The molecule has 0 spiro atoms. The molecule has 6 nitrogen and oxygen atoms in total. The standard InChI is InChI=1S/C20H26N6S/c1-14(2)20-22-15(13-27-20)11-25-7-9-26(10-8-25)12-18-23-17-6-4-3-5-16(17)19(21)24-18/h3-6,13-14H,7-12H2,1-2H3,(H2,21,23,24). The first-order chi connectivity index (χ1) is 13.1. The van der Waals surface area contributed by atoms with Crippen LogP contribution in [0, 0.1) is 0 Å². The van der Waals surface area contributed by atoms with E-state index in [4.69, 9.17) is 10.7 Å². The molecule has 0 aliphatic carbocycles. The zero-order chi connectivity index (χ0) is 18.8. The lowest BCUT2D eigenvalue weighted by Gasteiger charge is -2.33. The molecule has 7 heteroatoms. The molecule has 0 amide bonds. The Kier molecular flexibility index (Phi) is 5.33. The first-order valence-electron chi connectivity index (χ1n) is 9.48. The average Bonchev–Trinajstić information content (AvgIpc) is 3.12. The molecule has 3 heterocycles. The van der Waals surface area contributed by atoms with Crippen molar-refractivity contribution in [2.75, 3.05) is 31.9 Å². The van der Waals surface area contributed by atoms with Crippen molar-refractivity contribution in [2.24, 2.45) is 0 Å². The molecule has 0 bridgehead atoms. The topological polar surface area (TPSA) is 71.2 Å². The Labute approximate surface area is 164 Å². The van der Waals surface area contributed by atoms with Gasteiger partial charge in [0.05, 0.1) is 22.8 Å². The van der Waals surface area contributed by atoms with E-state index in [1.807, 2.05) is 24.3 Å². The maximum Gasteiger partial charge on any atom is 0.145 e. The highest BCUT2D eigenvalue weighted by Crippen LogP contribution is 2.21. The number of aromatic nitrogens is 3. The van der Waals surface area contributed by atoms with Crippen LogP contribution in [0.25, 0.3) is 10.9 Å². The predicted octanol–water partition coefficient (Wildman–Crippen LogP) is 3.11. The summed E-state index contributed by atoms with van der Waals surface area (Å²) in [6.45, 7) is 10.2. The summed E-state index contributed by atoms with van der Waals surface area (Å²) in [6, 6.07) is 7.92. The van der Waals surface area contributed by atoms with E-state index in [-0.39, 0.29) is 0 Å². The first-order valence-corrected chi connectivity index (χ1v) is 10.4. The minimum atomic E-state index is 0.509. The van der Waals surface area contributed by atoms with Gasteiger partial charge in [-0.1, -0.05) is 26.0 Å². The molecule has 0 unspecified atom stereocenters. The van der Waals surface area contributed by atoms with Gasteiger partial charge in [-0.15, -0.1) is 11.3 Å². The fraction of sp³-hybridized carbons (Fsp3) is 0.450. The maximum atomic E-state index is 6.11. The van der Waals surface area contributed by atoms with Crippen LogP contribution in [0.2, 0.25) is 0 Å². The molecular weight excluding hydrogens is 356 g/mol. The van der Waals surface area contributed by atoms with Crippen LogP contribution in [0.15, 0.2) is 29.6 Å². The smallest absolute Gasteiger partial charge is 0.145 e. The van der Waals surface area contributed by atoms with Crippen LogP contribution in [-0.2, 0) is 13.1 Å². The third-order valence-electron chi connectivity index (χ3n) is 4.96.